The average molecular weight is 199 g/mol. The zero-order chi connectivity index (χ0) is 7.56. The lowest BCUT2D eigenvalue weighted by Crippen LogP contribution is -1.86. The van der Waals surface area contributed by atoms with Gasteiger partial charge >= 0.3 is 0 Å². The van der Waals surface area contributed by atoms with Gasteiger partial charge in [-0.15, -0.1) is 0 Å². The molecule has 2 radical (unpaired) electrons. The van der Waals surface area contributed by atoms with Crippen LogP contribution in [0.5, 0.6) is 0 Å². The Hall–Kier alpha value is -0.305. The summed E-state index contributed by atoms with van der Waals surface area (Å²) in [5.74, 6) is -0.247. The molecule has 0 nitrogen and oxygen atoms in total. The summed E-state index contributed by atoms with van der Waals surface area (Å²) < 4.78 is 13.3. The van der Waals surface area contributed by atoms with Gasteiger partial charge in [-0.1, -0.05) is 22.3 Å². The average Bonchev–Trinajstić information content (AvgIpc) is 1.94. The summed E-state index contributed by atoms with van der Waals surface area (Å²) >= 11 is 3.24. The monoisotopic (exact) mass is 198 g/mol. The van der Waals surface area contributed by atoms with Crippen LogP contribution in [0, 0.1) is 5.82 Å². The Morgan fingerprint density at radius 1 is 1.50 bits per heavy atom. The third kappa shape index (κ3) is 1.60. The molecule has 10 heavy (non-hydrogen) atoms. The van der Waals surface area contributed by atoms with E-state index in [-0.39, 0.29) is 5.82 Å². The highest BCUT2D eigenvalue weighted by Crippen LogP contribution is 2.16. The third-order valence-corrected chi connectivity index (χ3v) is 2.00. The van der Waals surface area contributed by atoms with Crippen LogP contribution in [0.3, 0.4) is 0 Å². The number of hydrogen-bond acceptors (Lipinski definition) is 0. The van der Waals surface area contributed by atoms with E-state index in [1.807, 2.05) is 0 Å². The van der Waals surface area contributed by atoms with E-state index in [0.29, 0.717) is 6.32 Å². The number of rotatable bonds is 1. The van der Waals surface area contributed by atoms with Crippen LogP contribution in [0.2, 0.25) is 0 Å². The Balaban J connectivity index is 3.09. The minimum absolute atomic E-state index is 0.247. The fourth-order valence-electron chi connectivity index (χ4n) is 0.700. The maximum Gasteiger partial charge on any atom is 0.123 e. The second-order valence-electron chi connectivity index (χ2n) is 1.94. The molecule has 0 bridgehead atoms. The SMILES string of the molecule is [B]Cc1cc(F)ccc1Br. The van der Waals surface area contributed by atoms with Crippen molar-refractivity contribution in [1.82, 2.24) is 0 Å². The molecule has 0 unspecified atom stereocenters. The van der Waals surface area contributed by atoms with Crippen LogP contribution in [-0.4, -0.2) is 7.85 Å². The van der Waals surface area contributed by atoms with E-state index in [9.17, 15) is 4.39 Å². The van der Waals surface area contributed by atoms with Crippen molar-refractivity contribution >= 4 is 23.8 Å². The lowest BCUT2D eigenvalue weighted by Gasteiger charge is -1.98. The first-order chi connectivity index (χ1) is 4.74. The molecule has 0 amide bonds. The van der Waals surface area contributed by atoms with E-state index in [2.05, 4.69) is 15.9 Å². The summed E-state index contributed by atoms with van der Waals surface area (Å²) in [4.78, 5) is 0. The van der Waals surface area contributed by atoms with Crippen molar-refractivity contribution in [3.8, 4) is 0 Å². The second-order valence-corrected chi connectivity index (χ2v) is 2.79. The molecule has 0 spiro atoms. The van der Waals surface area contributed by atoms with E-state index in [1.165, 1.54) is 12.1 Å². The normalized spacial score (nSPS) is 9.80. The van der Waals surface area contributed by atoms with Crippen LogP contribution in [0.1, 0.15) is 5.56 Å². The van der Waals surface area contributed by atoms with Gasteiger partial charge < -0.3 is 0 Å². The molecule has 0 aliphatic rings. The predicted molar refractivity (Wildman–Crippen MR) is 43.6 cm³/mol. The molecule has 0 N–H and O–H groups in total. The Labute approximate surface area is 69.0 Å². The topological polar surface area (TPSA) is 0 Å². The summed E-state index contributed by atoms with van der Waals surface area (Å²) in [5.41, 5.74) is 0.792. The Morgan fingerprint density at radius 3 is 2.70 bits per heavy atom. The second kappa shape index (κ2) is 3.19. The van der Waals surface area contributed by atoms with E-state index < -0.39 is 0 Å². The number of benzene rings is 1. The standard InChI is InChI=1S/C7H5BBrF/c8-4-5-3-6(10)1-2-7(5)9/h1-3H,4H2. The maximum atomic E-state index is 12.5. The first kappa shape index (κ1) is 7.80. The molecule has 0 saturated carbocycles. The minimum Gasteiger partial charge on any atom is -0.207 e. The van der Waals surface area contributed by atoms with Gasteiger partial charge in [0.2, 0.25) is 0 Å². The maximum absolute atomic E-state index is 12.5. The molecule has 0 atom stereocenters. The van der Waals surface area contributed by atoms with Crippen molar-refractivity contribution in [2.75, 3.05) is 0 Å². The van der Waals surface area contributed by atoms with Crippen molar-refractivity contribution < 1.29 is 4.39 Å². The molecular formula is C7H5BBrF. The van der Waals surface area contributed by atoms with Gasteiger partial charge in [0.1, 0.15) is 5.82 Å². The van der Waals surface area contributed by atoms with Gasteiger partial charge in [-0.2, -0.15) is 0 Å². The molecule has 0 saturated heterocycles. The highest BCUT2D eigenvalue weighted by molar-refractivity contribution is 9.10. The minimum atomic E-state index is -0.247. The summed E-state index contributed by atoms with van der Waals surface area (Å²) in [6, 6.07) is 4.46. The first-order valence-electron chi connectivity index (χ1n) is 2.88. The van der Waals surface area contributed by atoms with E-state index in [1.54, 1.807) is 6.07 Å². The molecule has 1 rings (SSSR count). The Bertz CT molecular complexity index is 237. The summed E-state index contributed by atoms with van der Waals surface area (Å²) in [5, 5.41) is 0. The molecule has 50 valence electrons. The van der Waals surface area contributed by atoms with Crippen molar-refractivity contribution in [3.63, 3.8) is 0 Å². The largest absolute Gasteiger partial charge is 0.207 e. The molecule has 0 aliphatic heterocycles. The molecule has 1 aromatic carbocycles. The van der Waals surface area contributed by atoms with Gasteiger partial charge in [-0.25, -0.2) is 4.39 Å². The first-order valence-corrected chi connectivity index (χ1v) is 3.67. The van der Waals surface area contributed by atoms with Gasteiger partial charge in [-0.3, -0.25) is 0 Å². The summed E-state index contributed by atoms with van der Waals surface area (Å²) in [6.45, 7) is 0. The van der Waals surface area contributed by atoms with Crippen LogP contribution in [0.15, 0.2) is 22.7 Å². The van der Waals surface area contributed by atoms with Gasteiger partial charge in [-0.05, 0) is 23.8 Å². The van der Waals surface area contributed by atoms with Crippen LogP contribution in [-0.2, 0) is 6.32 Å². The summed E-state index contributed by atoms with van der Waals surface area (Å²) in [7, 11) is 5.32. The van der Waals surface area contributed by atoms with Gasteiger partial charge in [0.25, 0.3) is 0 Å². The van der Waals surface area contributed by atoms with Crippen LogP contribution in [0.25, 0.3) is 0 Å². The lowest BCUT2D eigenvalue weighted by atomic mass is 9.97. The van der Waals surface area contributed by atoms with Gasteiger partial charge in [0, 0.05) is 4.47 Å². The molecule has 1 aromatic rings. The molecule has 0 aliphatic carbocycles. The zero-order valence-corrected chi connectivity index (χ0v) is 6.86. The predicted octanol–water partition coefficient (Wildman–Crippen LogP) is 2.26. The van der Waals surface area contributed by atoms with Crippen molar-refractivity contribution in [2.45, 2.75) is 6.32 Å². The van der Waals surface area contributed by atoms with Crippen LogP contribution >= 0.6 is 15.9 Å². The molecule has 0 fully saturated rings. The molecular weight excluding hydrogens is 194 g/mol. The Kier molecular flexibility index (Phi) is 2.49. The van der Waals surface area contributed by atoms with Crippen molar-refractivity contribution in [3.05, 3.63) is 34.1 Å². The van der Waals surface area contributed by atoms with E-state index in [4.69, 9.17) is 7.85 Å². The highest BCUT2D eigenvalue weighted by atomic mass is 79.9. The van der Waals surface area contributed by atoms with Crippen molar-refractivity contribution in [2.24, 2.45) is 0 Å². The van der Waals surface area contributed by atoms with Gasteiger partial charge in [0.15, 0.2) is 0 Å². The number of halogens is 2. The summed E-state index contributed by atoms with van der Waals surface area (Å²) in [6.07, 6.45) is 0.359. The highest BCUT2D eigenvalue weighted by Gasteiger charge is 1.97. The Morgan fingerprint density at radius 2 is 2.20 bits per heavy atom. The van der Waals surface area contributed by atoms with E-state index >= 15 is 0 Å². The lowest BCUT2D eigenvalue weighted by molar-refractivity contribution is 0.626. The van der Waals surface area contributed by atoms with Crippen molar-refractivity contribution in [1.29, 1.82) is 0 Å². The van der Waals surface area contributed by atoms with Crippen LogP contribution in [0.4, 0.5) is 4.39 Å². The van der Waals surface area contributed by atoms with Gasteiger partial charge in [0.05, 0.1) is 7.85 Å². The fourth-order valence-corrected chi connectivity index (χ4v) is 1.11. The quantitative estimate of drug-likeness (QED) is 0.608. The van der Waals surface area contributed by atoms with E-state index in [0.717, 1.165) is 10.0 Å². The molecule has 0 heterocycles. The molecule has 3 heteroatoms. The zero-order valence-electron chi connectivity index (χ0n) is 5.27. The number of hydrogen-bond donors (Lipinski definition) is 0. The smallest absolute Gasteiger partial charge is 0.123 e. The van der Waals surface area contributed by atoms with Crippen LogP contribution < -0.4 is 0 Å². The molecule has 0 aromatic heterocycles. The fraction of sp³-hybridized carbons (Fsp3) is 0.143. The third-order valence-electron chi connectivity index (χ3n) is 1.23.